The Labute approximate surface area is 115 Å². The zero-order valence-electron chi connectivity index (χ0n) is 12.2. The monoisotopic (exact) mass is 267 g/mol. The fourth-order valence-corrected chi connectivity index (χ4v) is 3.23. The molecule has 0 aromatic carbocycles. The molecule has 0 atom stereocenters. The van der Waals surface area contributed by atoms with Crippen LogP contribution in [0.4, 0.5) is 5.13 Å². The molecule has 0 spiro atoms. The second-order valence-corrected chi connectivity index (χ2v) is 6.90. The second kappa shape index (κ2) is 5.17. The molecule has 0 unspecified atom stereocenters. The summed E-state index contributed by atoms with van der Waals surface area (Å²) in [5.41, 5.74) is 1.53. The molecule has 0 amide bonds. The molecule has 2 rings (SSSR count). The Bertz CT molecular complexity index is 407. The van der Waals surface area contributed by atoms with Gasteiger partial charge in [0.25, 0.3) is 0 Å². The fraction of sp³-hybridized carbons (Fsp3) is 0.786. The Hall–Kier alpha value is -0.610. The van der Waals surface area contributed by atoms with Gasteiger partial charge in [-0.25, -0.2) is 4.98 Å². The van der Waals surface area contributed by atoms with Crippen molar-refractivity contribution in [2.45, 2.75) is 58.0 Å². The van der Waals surface area contributed by atoms with E-state index in [1.807, 2.05) is 18.4 Å². The Morgan fingerprint density at radius 1 is 1.44 bits per heavy atom. The summed E-state index contributed by atoms with van der Waals surface area (Å²) in [5, 5.41) is 4.44. The van der Waals surface area contributed by atoms with Crippen molar-refractivity contribution in [1.82, 2.24) is 10.3 Å². The van der Waals surface area contributed by atoms with Crippen LogP contribution in [0.1, 0.15) is 56.5 Å². The molecule has 102 valence electrons. The minimum Gasteiger partial charge on any atom is -0.346 e. The third-order valence-electron chi connectivity index (χ3n) is 4.08. The molecule has 1 aromatic heterocycles. The molecule has 1 heterocycles. The van der Waals surface area contributed by atoms with Gasteiger partial charge < -0.3 is 10.2 Å². The third kappa shape index (κ3) is 2.69. The van der Waals surface area contributed by atoms with Gasteiger partial charge in [-0.2, -0.15) is 0 Å². The lowest BCUT2D eigenvalue weighted by Crippen LogP contribution is -2.40. The normalized spacial score (nSPS) is 16.1. The smallest absolute Gasteiger partial charge is 0.186 e. The SMILES string of the molecule is CCC(C)(C)N(C)c1nc(C2CC2)c(CNC)s1. The van der Waals surface area contributed by atoms with Gasteiger partial charge in [-0.05, 0) is 40.2 Å². The van der Waals surface area contributed by atoms with E-state index in [4.69, 9.17) is 4.98 Å². The predicted molar refractivity (Wildman–Crippen MR) is 79.6 cm³/mol. The summed E-state index contributed by atoms with van der Waals surface area (Å²) in [6.45, 7) is 7.75. The van der Waals surface area contributed by atoms with Crippen molar-refractivity contribution >= 4 is 16.5 Å². The quantitative estimate of drug-likeness (QED) is 0.856. The minimum absolute atomic E-state index is 0.176. The van der Waals surface area contributed by atoms with Crippen LogP contribution in [0.25, 0.3) is 0 Å². The zero-order valence-corrected chi connectivity index (χ0v) is 13.0. The van der Waals surface area contributed by atoms with Gasteiger partial charge in [0.1, 0.15) is 0 Å². The molecule has 0 saturated heterocycles. The lowest BCUT2D eigenvalue weighted by Gasteiger charge is -2.34. The Balaban J connectivity index is 2.25. The Morgan fingerprint density at radius 3 is 2.61 bits per heavy atom. The summed E-state index contributed by atoms with van der Waals surface area (Å²) >= 11 is 1.86. The molecule has 1 fully saturated rings. The Kier molecular flexibility index (Phi) is 3.97. The summed E-state index contributed by atoms with van der Waals surface area (Å²) in [7, 11) is 4.18. The van der Waals surface area contributed by atoms with Crippen LogP contribution in [0.15, 0.2) is 0 Å². The van der Waals surface area contributed by atoms with Crippen molar-refractivity contribution in [2.24, 2.45) is 0 Å². The first-order valence-corrected chi connectivity index (χ1v) is 7.69. The maximum atomic E-state index is 4.91. The Morgan fingerprint density at radius 2 is 2.11 bits per heavy atom. The summed E-state index contributed by atoms with van der Waals surface area (Å²) in [6.07, 6.45) is 3.77. The van der Waals surface area contributed by atoms with E-state index in [0.717, 1.165) is 18.9 Å². The van der Waals surface area contributed by atoms with Gasteiger partial charge in [-0.3, -0.25) is 0 Å². The first-order valence-electron chi connectivity index (χ1n) is 6.87. The number of thiazole rings is 1. The molecule has 3 nitrogen and oxygen atoms in total. The lowest BCUT2D eigenvalue weighted by atomic mass is 10.0. The first-order chi connectivity index (χ1) is 8.49. The highest BCUT2D eigenvalue weighted by atomic mass is 32.1. The molecule has 1 aromatic rings. The fourth-order valence-electron chi connectivity index (χ4n) is 1.95. The van der Waals surface area contributed by atoms with Crippen molar-refractivity contribution in [1.29, 1.82) is 0 Å². The highest BCUT2D eigenvalue weighted by molar-refractivity contribution is 7.15. The number of nitrogens with one attached hydrogen (secondary N) is 1. The molecule has 18 heavy (non-hydrogen) atoms. The van der Waals surface area contributed by atoms with Crippen molar-refractivity contribution in [3.05, 3.63) is 10.6 Å². The average molecular weight is 267 g/mol. The van der Waals surface area contributed by atoms with E-state index in [2.05, 4.69) is 38.0 Å². The van der Waals surface area contributed by atoms with Crippen LogP contribution in [0.3, 0.4) is 0 Å². The zero-order chi connectivity index (χ0) is 13.3. The maximum Gasteiger partial charge on any atom is 0.186 e. The van der Waals surface area contributed by atoms with Crippen molar-refractivity contribution in [3.8, 4) is 0 Å². The van der Waals surface area contributed by atoms with Crippen LogP contribution in [-0.4, -0.2) is 24.6 Å². The highest BCUT2D eigenvalue weighted by Gasteiger charge is 2.31. The van der Waals surface area contributed by atoms with Gasteiger partial charge >= 0.3 is 0 Å². The van der Waals surface area contributed by atoms with E-state index in [0.29, 0.717) is 0 Å². The van der Waals surface area contributed by atoms with Gasteiger partial charge in [-0.15, -0.1) is 11.3 Å². The molecule has 0 radical (unpaired) electrons. The number of hydrogen-bond donors (Lipinski definition) is 1. The minimum atomic E-state index is 0.176. The molecule has 4 heteroatoms. The van der Waals surface area contributed by atoms with Crippen molar-refractivity contribution in [3.63, 3.8) is 0 Å². The summed E-state index contributed by atoms with van der Waals surface area (Å²) < 4.78 is 0. The van der Waals surface area contributed by atoms with Gasteiger partial charge in [0.05, 0.1) is 5.69 Å². The molecular formula is C14H25N3S. The van der Waals surface area contributed by atoms with Crippen LogP contribution < -0.4 is 10.2 Å². The largest absolute Gasteiger partial charge is 0.346 e. The van der Waals surface area contributed by atoms with E-state index in [1.165, 1.54) is 28.5 Å². The van der Waals surface area contributed by atoms with Gasteiger partial charge in [0.15, 0.2) is 5.13 Å². The number of rotatable bonds is 6. The average Bonchev–Trinajstić information content (AvgIpc) is 3.11. The third-order valence-corrected chi connectivity index (χ3v) is 5.23. The van der Waals surface area contributed by atoms with Crippen LogP contribution in [-0.2, 0) is 6.54 Å². The van der Waals surface area contributed by atoms with Crippen LogP contribution >= 0.6 is 11.3 Å². The molecule has 0 aliphatic heterocycles. The topological polar surface area (TPSA) is 28.2 Å². The van der Waals surface area contributed by atoms with Gasteiger partial charge in [0, 0.05) is 29.9 Å². The molecule has 1 saturated carbocycles. The van der Waals surface area contributed by atoms with Crippen molar-refractivity contribution < 1.29 is 0 Å². The van der Waals surface area contributed by atoms with E-state index in [9.17, 15) is 0 Å². The lowest BCUT2D eigenvalue weighted by molar-refractivity contribution is 0.470. The second-order valence-electron chi connectivity index (χ2n) is 5.83. The van der Waals surface area contributed by atoms with Crippen LogP contribution in [0.5, 0.6) is 0 Å². The van der Waals surface area contributed by atoms with Gasteiger partial charge in [-0.1, -0.05) is 6.92 Å². The highest BCUT2D eigenvalue weighted by Crippen LogP contribution is 2.44. The van der Waals surface area contributed by atoms with Crippen LogP contribution in [0, 0.1) is 0 Å². The molecule has 0 bridgehead atoms. The van der Waals surface area contributed by atoms with E-state index < -0.39 is 0 Å². The molecule has 1 aliphatic carbocycles. The van der Waals surface area contributed by atoms with E-state index in [-0.39, 0.29) is 5.54 Å². The number of nitrogens with zero attached hydrogens (tertiary/aromatic N) is 2. The van der Waals surface area contributed by atoms with Gasteiger partial charge in [0.2, 0.25) is 0 Å². The molecular weight excluding hydrogens is 242 g/mol. The standard InChI is InChI=1S/C14H25N3S/c1-6-14(2,3)17(5)13-16-12(10-7-8-10)11(18-13)9-15-4/h10,15H,6-9H2,1-5H3. The summed E-state index contributed by atoms with van der Waals surface area (Å²) in [4.78, 5) is 8.67. The maximum absolute atomic E-state index is 4.91. The molecule has 1 N–H and O–H groups in total. The van der Waals surface area contributed by atoms with E-state index in [1.54, 1.807) is 0 Å². The van der Waals surface area contributed by atoms with E-state index >= 15 is 0 Å². The molecule has 1 aliphatic rings. The first kappa shape index (κ1) is 13.8. The van der Waals surface area contributed by atoms with Crippen molar-refractivity contribution in [2.75, 3.05) is 19.0 Å². The summed E-state index contributed by atoms with van der Waals surface area (Å²) in [6, 6.07) is 0. The van der Waals surface area contributed by atoms with Crippen LogP contribution in [0.2, 0.25) is 0 Å². The summed E-state index contributed by atoms with van der Waals surface area (Å²) in [5.74, 6) is 0.733. The number of aromatic nitrogens is 1. The number of hydrogen-bond acceptors (Lipinski definition) is 4. The number of anilines is 1. The predicted octanol–water partition coefficient (Wildman–Crippen LogP) is 3.36.